The van der Waals surface area contributed by atoms with E-state index in [0.717, 1.165) is 18.3 Å². The lowest BCUT2D eigenvalue weighted by Crippen LogP contribution is -2.15. The Bertz CT molecular complexity index is 1070. The van der Waals surface area contributed by atoms with Crippen molar-refractivity contribution in [2.24, 2.45) is 0 Å². The summed E-state index contributed by atoms with van der Waals surface area (Å²) in [6, 6.07) is 11.9. The summed E-state index contributed by atoms with van der Waals surface area (Å²) in [5, 5.41) is 24.8. The van der Waals surface area contributed by atoms with Gasteiger partial charge in [-0.15, -0.1) is 0 Å². The van der Waals surface area contributed by atoms with Crippen LogP contribution < -0.4 is 10.6 Å². The number of nitrogens with one attached hydrogen (secondary N) is 2. The zero-order chi connectivity index (χ0) is 20.0. The number of hydrogen-bond acceptors (Lipinski definition) is 7. The number of anilines is 2. The summed E-state index contributed by atoms with van der Waals surface area (Å²) in [4.78, 5) is 21.9. The fraction of sp³-hybridized carbons (Fsp3) is 0. The lowest BCUT2D eigenvalue weighted by molar-refractivity contribution is -0.384. The maximum Gasteiger partial charge on any atom is 0.294 e. The first-order valence-electron chi connectivity index (χ1n) is 7.21. The van der Waals surface area contributed by atoms with Crippen LogP contribution in [0.1, 0.15) is 0 Å². The maximum absolute atomic E-state index is 12.1. The van der Waals surface area contributed by atoms with Gasteiger partial charge in [-0.2, -0.15) is 13.7 Å². The number of nitriles is 1. The van der Waals surface area contributed by atoms with E-state index in [1.54, 1.807) is 6.07 Å². The summed E-state index contributed by atoms with van der Waals surface area (Å²) < 4.78 is 31.2. The highest BCUT2D eigenvalue weighted by atomic mass is 32.2. The molecule has 0 atom stereocenters. The summed E-state index contributed by atoms with van der Waals surface area (Å²) in [7, 11) is -4.44. The lowest BCUT2D eigenvalue weighted by atomic mass is 10.2. The largest absolute Gasteiger partial charge is 0.360 e. The number of amides is 1. The van der Waals surface area contributed by atoms with Gasteiger partial charge in [0.15, 0.2) is 0 Å². The third kappa shape index (κ3) is 5.36. The Kier molecular flexibility index (Phi) is 5.86. The molecule has 2 aromatic rings. The minimum atomic E-state index is -4.44. The highest BCUT2D eigenvalue weighted by Crippen LogP contribution is 2.18. The summed E-state index contributed by atoms with van der Waals surface area (Å²) in [6.07, 6.45) is 1.06. The molecule has 0 radical (unpaired) electrons. The van der Waals surface area contributed by atoms with E-state index in [4.69, 9.17) is 9.81 Å². The van der Waals surface area contributed by atoms with Crippen LogP contribution in [-0.4, -0.2) is 23.8 Å². The molecule has 0 fully saturated rings. The molecule has 3 N–H and O–H groups in total. The van der Waals surface area contributed by atoms with Crippen LogP contribution in [0.3, 0.4) is 0 Å². The van der Waals surface area contributed by atoms with Crippen LogP contribution >= 0.6 is 0 Å². The predicted octanol–water partition coefficient (Wildman–Crippen LogP) is 2.30. The molecule has 138 valence electrons. The molecule has 11 heteroatoms. The molecule has 2 rings (SSSR count). The number of carbonyl (C=O) groups is 1. The second-order valence-electron chi connectivity index (χ2n) is 5.08. The van der Waals surface area contributed by atoms with E-state index in [0.29, 0.717) is 0 Å². The van der Waals surface area contributed by atoms with E-state index in [1.807, 2.05) is 0 Å². The third-order valence-electron chi connectivity index (χ3n) is 3.19. The van der Waals surface area contributed by atoms with Gasteiger partial charge >= 0.3 is 0 Å². The summed E-state index contributed by atoms with van der Waals surface area (Å²) >= 11 is 0. The van der Waals surface area contributed by atoms with Crippen molar-refractivity contribution >= 4 is 33.1 Å². The first kappa shape index (κ1) is 19.6. The number of hydrogen-bond donors (Lipinski definition) is 3. The van der Waals surface area contributed by atoms with Crippen molar-refractivity contribution in [1.82, 2.24) is 0 Å². The molecule has 2 aromatic carbocycles. The average Bonchev–Trinajstić information content (AvgIpc) is 2.62. The second kappa shape index (κ2) is 8.09. The van der Waals surface area contributed by atoms with Crippen molar-refractivity contribution < 1.29 is 22.7 Å². The molecule has 0 aliphatic carbocycles. The summed E-state index contributed by atoms with van der Waals surface area (Å²) in [6.45, 7) is 0. The number of benzene rings is 2. The molecular weight excluding hydrogens is 376 g/mol. The molecule has 0 aliphatic rings. The highest BCUT2D eigenvalue weighted by Gasteiger charge is 2.13. The van der Waals surface area contributed by atoms with Gasteiger partial charge in [-0.1, -0.05) is 12.1 Å². The predicted molar refractivity (Wildman–Crippen MR) is 95.3 cm³/mol. The zero-order valence-corrected chi connectivity index (χ0v) is 14.3. The number of nitro groups is 1. The van der Waals surface area contributed by atoms with Crippen LogP contribution in [0.2, 0.25) is 0 Å². The van der Waals surface area contributed by atoms with Crippen LogP contribution in [-0.2, 0) is 14.9 Å². The lowest BCUT2D eigenvalue weighted by Gasteiger charge is -2.06. The molecule has 0 aromatic heterocycles. The molecule has 0 spiro atoms. The molecule has 10 nitrogen and oxygen atoms in total. The molecule has 0 saturated heterocycles. The van der Waals surface area contributed by atoms with Gasteiger partial charge in [0.1, 0.15) is 11.6 Å². The highest BCUT2D eigenvalue weighted by molar-refractivity contribution is 7.85. The van der Waals surface area contributed by atoms with Gasteiger partial charge in [-0.3, -0.25) is 19.5 Å². The molecule has 0 heterocycles. The smallest absolute Gasteiger partial charge is 0.294 e. The van der Waals surface area contributed by atoms with E-state index >= 15 is 0 Å². The van der Waals surface area contributed by atoms with Crippen LogP contribution in [0, 0.1) is 21.4 Å². The summed E-state index contributed by atoms with van der Waals surface area (Å²) in [5.41, 5.74) is -0.193. The van der Waals surface area contributed by atoms with E-state index in [2.05, 4.69) is 10.6 Å². The van der Waals surface area contributed by atoms with Crippen LogP contribution in [0.5, 0.6) is 0 Å². The molecular formula is C16H12N4O6S. The van der Waals surface area contributed by atoms with E-state index in [-0.39, 0.29) is 22.6 Å². The van der Waals surface area contributed by atoms with Gasteiger partial charge in [-0.05, 0) is 24.3 Å². The second-order valence-corrected chi connectivity index (χ2v) is 6.50. The Morgan fingerprint density at radius 2 is 1.85 bits per heavy atom. The monoisotopic (exact) mass is 388 g/mol. The number of nitro benzene ring substituents is 1. The van der Waals surface area contributed by atoms with Crippen molar-refractivity contribution in [2.75, 3.05) is 10.6 Å². The van der Waals surface area contributed by atoms with Gasteiger partial charge in [-0.25, -0.2) is 0 Å². The normalized spacial score (nSPS) is 11.3. The number of carbonyl (C=O) groups excluding carboxylic acids is 1. The zero-order valence-electron chi connectivity index (χ0n) is 13.5. The van der Waals surface area contributed by atoms with Crippen LogP contribution in [0.4, 0.5) is 17.1 Å². The van der Waals surface area contributed by atoms with Crippen molar-refractivity contribution in [2.45, 2.75) is 4.90 Å². The van der Waals surface area contributed by atoms with Crippen LogP contribution in [0.25, 0.3) is 0 Å². The molecule has 0 saturated carbocycles. The Morgan fingerprint density at radius 3 is 2.48 bits per heavy atom. The molecule has 0 aliphatic heterocycles. The Labute approximate surface area is 153 Å². The van der Waals surface area contributed by atoms with Crippen molar-refractivity contribution in [1.29, 1.82) is 5.26 Å². The quantitative estimate of drug-likeness (QED) is 0.223. The fourth-order valence-corrected chi connectivity index (χ4v) is 2.47. The Balaban J connectivity index is 2.17. The molecule has 0 unspecified atom stereocenters. The minimum absolute atomic E-state index is 0.0478. The SMILES string of the molecule is N#C/C(=C/Nc1cccc([N+](=O)[O-])c1)C(=O)Nc1cccc(S(=O)(=O)O)c1. The number of non-ortho nitro benzene ring substituents is 1. The van der Waals surface area contributed by atoms with E-state index in [1.165, 1.54) is 36.4 Å². The fourth-order valence-electron chi connectivity index (χ4n) is 1.95. The van der Waals surface area contributed by atoms with Gasteiger partial charge < -0.3 is 10.6 Å². The van der Waals surface area contributed by atoms with Gasteiger partial charge in [0.25, 0.3) is 21.7 Å². The van der Waals surface area contributed by atoms with Crippen molar-refractivity contribution in [3.8, 4) is 6.07 Å². The average molecular weight is 388 g/mol. The van der Waals surface area contributed by atoms with Crippen molar-refractivity contribution in [3.63, 3.8) is 0 Å². The Morgan fingerprint density at radius 1 is 1.19 bits per heavy atom. The van der Waals surface area contributed by atoms with E-state index < -0.39 is 25.8 Å². The topological polar surface area (TPSA) is 162 Å². The maximum atomic E-state index is 12.1. The first-order valence-corrected chi connectivity index (χ1v) is 8.65. The Hall–Kier alpha value is -3.75. The molecule has 1 amide bonds. The van der Waals surface area contributed by atoms with Crippen molar-refractivity contribution in [3.05, 3.63) is 70.4 Å². The minimum Gasteiger partial charge on any atom is -0.360 e. The first-order chi connectivity index (χ1) is 12.7. The van der Waals surface area contributed by atoms with Gasteiger partial charge in [0.2, 0.25) is 0 Å². The molecule has 0 bridgehead atoms. The standard InChI is InChI=1S/C16H12N4O6S/c17-9-11(10-18-12-3-1-5-14(7-12)20(22)23)16(21)19-13-4-2-6-15(8-13)27(24,25)26/h1-8,10,18H,(H,19,21)(H,24,25,26)/b11-10-. The summed E-state index contributed by atoms with van der Waals surface area (Å²) in [5.74, 6) is -0.845. The van der Waals surface area contributed by atoms with Gasteiger partial charge in [0, 0.05) is 29.7 Å². The van der Waals surface area contributed by atoms with Crippen LogP contribution in [0.15, 0.2) is 65.2 Å². The number of nitrogens with zero attached hydrogens (tertiary/aromatic N) is 2. The van der Waals surface area contributed by atoms with E-state index in [9.17, 15) is 23.3 Å². The third-order valence-corrected chi connectivity index (χ3v) is 4.04. The van der Waals surface area contributed by atoms with Gasteiger partial charge in [0.05, 0.1) is 9.82 Å². The number of rotatable bonds is 6. The molecule has 27 heavy (non-hydrogen) atoms.